The monoisotopic (exact) mass is 209 g/mol. The third-order valence-electron chi connectivity index (χ3n) is 2.13. The van der Waals surface area contributed by atoms with E-state index in [0.29, 0.717) is 11.1 Å². The third kappa shape index (κ3) is 1.56. The number of halogens is 2. The molecular weight excluding hydrogens is 200 g/mol. The summed E-state index contributed by atoms with van der Waals surface area (Å²) in [6, 6.07) is 2.66. The molecule has 3 N–H and O–H groups in total. The third-order valence-corrected chi connectivity index (χ3v) is 2.13. The van der Waals surface area contributed by atoms with Crippen LogP contribution in [0.15, 0.2) is 18.3 Å². The molecule has 0 saturated carbocycles. The molecule has 15 heavy (non-hydrogen) atoms. The number of H-pyrrole nitrogens is 1. The van der Waals surface area contributed by atoms with E-state index in [0.717, 1.165) is 6.07 Å². The number of anilines is 1. The summed E-state index contributed by atoms with van der Waals surface area (Å²) < 4.78 is 26.6. The lowest BCUT2D eigenvalue weighted by Gasteiger charge is -2.04. The predicted octanol–water partition coefficient (Wildman–Crippen LogP) is 2.25. The van der Waals surface area contributed by atoms with Gasteiger partial charge in [0.2, 0.25) is 0 Å². The average Bonchev–Trinajstić information content (AvgIpc) is 2.58. The van der Waals surface area contributed by atoms with Crippen LogP contribution in [0.2, 0.25) is 0 Å². The lowest BCUT2D eigenvalue weighted by Crippen LogP contribution is -1.94. The van der Waals surface area contributed by atoms with Gasteiger partial charge in [-0.05, 0) is 24.6 Å². The van der Waals surface area contributed by atoms with E-state index < -0.39 is 11.6 Å². The smallest absolute Gasteiger partial charge is 0.166 e. The molecule has 0 aliphatic rings. The van der Waals surface area contributed by atoms with E-state index in [2.05, 4.69) is 10.2 Å². The fourth-order valence-corrected chi connectivity index (χ4v) is 1.43. The molecule has 0 aliphatic heterocycles. The zero-order chi connectivity index (χ0) is 11.0. The molecule has 1 aromatic heterocycles. The van der Waals surface area contributed by atoms with Gasteiger partial charge in [0.05, 0.1) is 6.20 Å². The van der Waals surface area contributed by atoms with E-state index in [1.54, 1.807) is 6.92 Å². The normalized spacial score (nSPS) is 10.6. The number of hydrogen-bond donors (Lipinski definition) is 2. The largest absolute Gasteiger partial charge is 0.384 e. The van der Waals surface area contributed by atoms with Crippen molar-refractivity contribution in [1.82, 2.24) is 10.2 Å². The second-order valence-corrected chi connectivity index (χ2v) is 3.31. The van der Waals surface area contributed by atoms with Gasteiger partial charge in [-0.2, -0.15) is 5.10 Å². The van der Waals surface area contributed by atoms with Gasteiger partial charge in [-0.15, -0.1) is 0 Å². The minimum absolute atomic E-state index is 0.124. The Morgan fingerprint density at radius 2 is 2.00 bits per heavy atom. The number of aryl methyl sites for hydroxylation is 1. The Hall–Kier alpha value is -1.91. The first-order valence-corrected chi connectivity index (χ1v) is 4.34. The predicted molar refractivity (Wildman–Crippen MR) is 53.1 cm³/mol. The molecule has 0 bridgehead atoms. The molecule has 0 aliphatic carbocycles. The molecule has 0 atom stereocenters. The minimum atomic E-state index is -0.909. The van der Waals surface area contributed by atoms with Gasteiger partial charge in [-0.1, -0.05) is 0 Å². The number of nitrogen functional groups attached to an aromatic ring is 1. The fraction of sp³-hybridized carbons (Fsp3) is 0.100. The van der Waals surface area contributed by atoms with Crippen LogP contribution in [0, 0.1) is 18.6 Å². The number of aromatic amines is 1. The minimum Gasteiger partial charge on any atom is -0.384 e. The topological polar surface area (TPSA) is 54.7 Å². The van der Waals surface area contributed by atoms with Crippen molar-refractivity contribution < 1.29 is 8.78 Å². The molecule has 2 aromatic rings. The quantitative estimate of drug-likeness (QED) is 0.756. The molecule has 0 amide bonds. The maximum Gasteiger partial charge on any atom is 0.166 e. The van der Waals surface area contributed by atoms with E-state index in [-0.39, 0.29) is 11.4 Å². The number of rotatable bonds is 1. The van der Waals surface area contributed by atoms with Gasteiger partial charge in [0.15, 0.2) is 11.6 Å². The van der Waals surface area contributed by atoms with Crippen molar-refractivity contribution >= 4 is 5.82 Å². The molecule has 0 unspecified atom stereocenters. The van der Waals surface area contributed by atoms with Crippen molar-refractivity contribution in [2.75, 3.05) is 5.73 Å². The van der Waals surface area contributed by atoms with E-state index in [1.807, 2.05) is 0 Å². The summed E-state index contributed by atoms with van der Waals surface area (Å²) in [6.07, 6.45) is 1.37. The highest BCUT2D eigenvalue weighted by molar-refractivity contribution is 5.73. The molecule has 0 radical (unpaired) electrons. The maximum atomic E-state index is 13.5. The molecular formula is C10H9F2N3. The van der Waals surface area contributed by atoms with Crippen molar-refractivity contribution in [3.05, 3.63) is 35.5 Å². The van der Waals surface area contributed by atoms with Crippen molar-refractivity contribution in [3.63, 3.8) is 0 Å². The second kappa shape index (κ2) is 3.34. The van der Waals surface area contributed by atoms with Crippen LogP contribution in [0.3, 0.4) is 0 Å². The molecule has 0 saturated heterocycles. The summed E-state index contributed by atoms with van der Waals surface area (Å²) in [5.41, 5.74) is 6.66. The van der Waals surface area contributed by atoms with Gasteiger partial charge < -0.3 is 5.73 Å². The van der Waals surface area contributed by atoms with Crippen LogP contribution >= 0.6 is 0 Å². The van der Waals surface area contributed by atoms with Gasteiger partial charge >= 0.3 is 0 Å². The Bertz CT molecular complexity index is 505. The molecule has 0 spiro atoms. The summed E-state index contributed by atoms with van der Waals surface area (Å²) in [6.45, 7) is 1.68. The highest BCUT2D eigenvalue weighted by Gasteiger charge is 2.14. The van der Waals surface area contributed by atoms with E-state index in [9.17, 15) is 8.78 Å². The summed E-state index contributed by atoms with van der Waals surface area (Å²) >= 11 is 0. The van der Waals surface area contributed by atoms with Crippen molar-refractivity contribution in [2.24, 2.45) is 0 Å². The molecule has 2 rings (SSSR count). The molecule has 1 aromatic carbocycles. The van der Waals surface area contributed by atoms with Gasteiger partial charge in [0, 0.05) is 11.1 Å². The average molecular weight is 209 g/mol. The van der Waals surface area contributed by atoms with Crippen LogP contribution in [0.25, 0.3) is 11.1 Å². The first-order valence-electron chi connectivity index (χ1n) is 4.34. The number of benzene rings is 1. The van der Waals surface area contributed by atoms with Crippen LogP contribution in [-0.2, 0) is 0 Å². The molecule has 1 heterocycles. The van der Waals surface area contributed by atoms with Crippen LogP contribution in [-0.4, -0.2) is 10.2 Å². The Morgan fingerprint density at radius 1 is 1.27 bits per heavy atom. The van der Waals surface area contributed by atoms with Gasteiger partial charge in [0.1, 0.15) is 5.82 Å². The van der Waals surface area contributed by atoms with Crippen LogP contribution < -0.4 is 5.73 Å². The summed E-state index contributed by atoms with van der Waals surface area (Å²) in [7, 11) is 0. The van der Waals surface area contributed by atoms with Crippen LogP contribution in [0.1, 0.15) is 5.56 Å². The molecule has 3 nitrogen and oxygen atoms in total. The summed E-state index contributed by atoms with van der Waals surface area (Å²) in [5, 5.41) is 6.13. The number of aromatic nitrogens is 2. The van der Waals surface area contributed by atoms with Crippen molar-refractivity contribution in [1.29, 1.82) is 0 Å². The van der Waals surface area contributed by atoms with Gasteiger partial charge in [-0.3, -0.25) is 5.10 Å². The summed E-state index contributed by atoms with van der Waals surface area (Å²) in [5.74, 6) is -1.57. The van der Waals surface area contributed by atoms with Crippen molar-refractivity contribution in [2.45, 2.75) is 6.92 Å². The van der Waals surface area contributed by atoms with Crippen LogP contribution in [0.4, 0.5) is 14.6 Å². The molecule has 78 valence electrons. The lowest BCUT2D eigenvalue weighted by molar-refractivity contribution is 0.510. The zero-order valence-corrected chi connectivity index (χ0v) is 8.01. The van der Waals surface area contributed by atoms with E-state index in [1.165, 1.54) is 12.3 Å². The highest BCUT2D eigenvalue weighted by Crippen LogP contribution is 2.28. The molecule has 0 fully saturated rings. The Morgan fingerprint density at radius 3 is 2.60 bits per heavy atom. The Balaban J connectivity index is 2.68. The first kappa shape index (κ1) is 9.64. The first-order chi connectivity index (χ1) is 7.09. The maximum absolute atomic E-state index is 13.5. The standard InChI is InChI=1S/C10H9F2N3/c1-5-2-6(9(12)8(11)3-5)7-4-14-15-10(7)13/h2-4H,1H3,(H3,13,14,15). The van der Waals surface area contributed by atoms with E-state index in [4.69, 9.17) is 5.73 Å². The second-order valence-electron chi connectivity index (χ2n) is 3.31. The highest BCUT2D eigenvalue weighted by atomic mass is 19.2. The Kier molecular flexibility index (Phi) is 2.15. The lowest BCUT2D eigenvalue weighted by atomic mass is 10.1. The molecule has 5 heteroatoms. The number of nitrogens with one attached hydrogen (secondary N) is 1. The van der Waals surface area contributed by atoms with Crippen molar-refractivity contribution in [3.8, 4) is 11.1 Å². The number of nitrogens with two attached hydrogens (primary N) is 1. The van der Waals surface area contributed by atoms with Crippen LogP contribution in [0.5, 0.6) is 0 Å². The fourth-order valence-electron chi connectivity index (χ4n) is 1.43. The van der Waals surface area contributed by atoms with Gasteiger partial charge in [0.25, 0.3) is 0 Å². The summed E-state index contributed by atoms with van der Waals surface area (Å²) in [4.78, 5) is 0. The number of nitrogens with zero attached hydrogens (tertiary/aromatic N) is 1. The van der Waals surface area contributed by atoms with E-state index >= 15 is 0 Å². The zero-order valence-electron chi connectivity index (χ0n) is 8.01. The SMILES string of the molecule is Cc1cc(F)c(F)c(-c2cn[nH]c2N)c1. The Labute approximate surface area is 84.9 Å². The van der Waals surface area contributed by atoms with Gasteiger partial charge in [-0.25, -0.2) is 8.78 Å². The number of hydrogen-bond acceptors (Lipinski definition) is 2.